The van der Waals surface area contributed by atoms with Gasteiger partial charge in [0.2, 0.25) is 40.1 Å². The monoisotopic (exact) mass is 2070 g/mol. The Balaban J connectivity index is 0.000000120. The third-order valence-corrected chi connectivity index (χ3v) is 37.7. The quantitative estimate of drug-likeness (QED) is 0.0296. The number of benzene rings is 12. The minimum absolute atomic E-state index is 0. The SMILES string of the molecule is CC(=O)O/C(=C1\[C@@H]2C=C[C@@]3(CN(S(=O)(=O)c4ccc(C)cc4)C[C@@]13c1ccccc1)O2)c1ccccc1.CC(=O)O/C(=C1\[C@@H]2C=C[C@@]3(CN(S(=O)(=O)c4ccc(C)cc4)C[C@@]13c1ccccc1)O2)c1ccccc1.CC(=O)O/C(=C1\[C@H]2C=C[C@]3(CN(S(=O)(=O)c4ccc(C)cc4)C[C@]13c1ccccc1)O2)c1ccccc1.CC(=O)O/C(=C1\[C@H]2C=C[C@]3(CN(S(=O)(=O)c4ccc(C)cc4)C[C@]13c1ccccc1)O2)c1ccccc1.O. The van der Waals surface area contributed by atoms with E-state index in [-0.39, 0.29) is 77.4 Å². The maximum atomic E-state index is 13.9. The fourth-order valence-corrected chi connectivity index (χ4v) is 30.1. The molecule has 29 heteroatoms. The predicted molar refractivity (Wildman–Crippen MR) is 563 cm³/mol. The van der Waals surface area contributed by atoms with Crippen molar-refractivity contribution in [3.63, 3.8) is 0 Å². The summed E-state index contributed by atoms with van der Waals surface area (Å²) in [5, 5.41) is 0. The van der Waals surface area contributed by atoms with Crippen molar-refractivity contribution in [3.8, 4) is 0 Å². The lowest BCUT2D eigenvalue weighted by Gasteiger charge is -2.38. The molecule has 0 amide bonds. The summed E-state index contributed by atoms with van der Waals surface area (Å²) in [5.74, 6) is -0.110. The molecule has 12 aliphatic rings. The van der Waals surface area contributed by atoms with Crippen LogP contribution in [0.25, 0.3) is 23.0 Å². The Kier molecular flexibility index (Phi) is 26.8. The number of carbonyl (C=O) groups excluding carboxylic acids is 4. The molecule has 25 nitrogen and oxygen atoms in total. The fourth-order valence-electron chi connectivity index (χ4n) is 24.0. The highest BCUT2D eigenvalue weighted by Crippen LogP contribution is 2.68. The average molecular weight is 2070 g/mol. The number of fused-ring (bicyclic) bond motifs is 4. The maximum Gasteiger partial charge on any atom is 0.308 e. The van der Waals surface area contributed by atoms with E-state index in [4.69, 9.17) is 37.9 Å². The van der Waals surface area contributed by atoms with Gasteiger partial charge in [-0.05, 0) is 98.5 Å². The molecule has 0 radical (unpaired) electrons. The number of sulfonamides is 4. The summed E-state index contributed by atoms with van der Waals surface area (Å²) < 4.78 is 167. The first-order valence-electron chi connectivity index (χ1n) is 49.0. The average Bonchev–Trinajstić information content (AvgIpc) is 1.51. The van der Waals surface area contributed by atoms with Crippen molar-refractivity contribution in [3.05, 3.63) is 477 Å². The Labute approximate surface area is 867 Å². The van der Waals surface area contributed by atoms with Gasteiger partial charge >= 0.3 is 23.9 Å². The summed E-state index contributed by atoms with van der Waals surface area (Å²) in [6, 6.07) is 105. The van der Waals surface area contributed by atoms with Crippen molar-refractivity contribution in [2.24, 2.45) is 0 Å². The Morgan fingerprint density at radius 1 is 0.242 bits per heavy atom. The van der Waals surface area contributed by atoms with Gasteiger partial charge in [0, 0.05) is 125 Å². The van der Waals surface area contributed by atoms with Crippen LogP contribution < -0.4 is 0 Å². The van der Waals surface area contributed by atoms with Crippen LogP contribution in [0, 0.1) is 27.7 Å². The highest BCUT2D eigenvalue weighted by Gasteiger charge is 2.76. The number of aryl methyl sites for hydroxylation is 4. The number of hydrogen-bond donors (Lipinski definition) is 0. The molecule has 0 saturated carbocycles. The number of rotatable bonds is 20. The summed E-state index contributed by atoms with van der Waals surface area (Å²) in [6.07, 6.45) is 14.0. The third-order valence-electron chi connectivity index (χ3n) is 30.5. The third kappa shape index (κ3) is 17.0. The topological polar surface area (TPSA) is 323 Å². The number of ether oxygens (including phenoxy) is 8. The molecule has 8 bridgehead atoms. The molecule has 4 spiro atoms. The molecule has 2 N–H and O–H groups in total. The normalized spacial score (nSPS) is 27.6. The highest BCUT2D eigenvalue weighted by atomic mass is 32.2. The van der Waals surface area contributed by atoms with E-state index in [9.17, 15) is 52.8 Å². The lowest BCUT2D eigenvalue weighted by molar-refractivity contribution is -0.135. The molecule has 12 aliphatic heterocycles. The van der Waals surface area contributed by atoms with E-state index in [1.54, 1.807) is 97.1 Å². The van der Waals surface area contributed by atoms with Crippen LogP contribution in [0.1, 0.15) is 94.5 Å². The molecule has 24 rings (SSSR count). The largest absolute Gasteiger partial charge is 0.426 e. The van der Waals surface area contributed by atoms with Crippen LogP contribution in [0.3, 0.4) is 0 Å². The number of esters is 4. The second-order valence-corrected chi connectivity index (χ2v) is 47.1. The van der Waals surface area contributed by atoms with Gasteiger partial charge in [0.1, 0.15) is 69.9 Å². The molecule has 8 saturated heterocycles. The highest BCUT2D eigenvalue weighted by molar-refractivity contribution is 7.90. The smallest absolute Gasteiger partial charge is 0.308 e. The van der Waals surface area contributed by atoms with Crippen molar-refractivity contribution >= 4 is 87.0 Å². The lowest BCUT2D eigenvalue weighted by Crippen LogP contribution is -2.47. The van der Waals surface area contributed by atoms with E-state index in [1.807, 2.05) is 319 Å². The van der Waals surface area contributed by atoms with Gasteiger partial charge in [-0.15, -0.1) is 0 Å². The fraction of sp³-hybridized carbons (Fsp3) is 0.233. The zero-order chi connectivity index (χ0) is 103. The first kappa shape index (κ1) is 102. The van der Waals surface area contributed by atoms with Crippen molar-refractivity contribution in [2.75, 3.05) is 52.4 Å². The molecule has 12 heterocycles. The van der Waals surface area contributed by atoms with Gasteiger partial charge in [-0.3, -0.25) is 19.2 Å². The Morgan fingerprint density at radius 2 is 0.403 bits per heavy atom. The van der Waals surface area contributed by atoms with Crippen LogP contribution >= 0.6 is 0 Å². The zero-order valence-electron chi connectivity index (χ0n) is 83.0. The molecule has 12 aromatic carbocycles. The summed E-state index contributed by atoms with van der Waals surface area (Å²) in [6.45, 7) is 14.4. The van der Waals surface area contributed by atoms with Crippen molar-refractivity contribution < 1.29 is 96.2 Å². The molecule has 0 aromatic heterocycles. The molecule has 0 unspecified atom stereocenters. The Hall–Kier alpha value is -14.1. The van der Waals surface area contributed by atoms with Gasteiger partial charge in [-0.25, -0.2) is 33.7 Å². The van der Waals surface area contributed by atoms with Crippen LogP contribution in [0.5, 0.6) is 0 Å². The number of hydrogen-bond acceptors (Lipinski definition) is 20. The summed E-state index contributed by atoms with van der Waals surface area (Å²) in [7, 11) is -15.3. The van der Waals surface area contributed by atoms with Crippen molar-refractivity contribution in [2.45, 2.75) is 143 Å². The van der Waals surface area contributed by atoms with Crippen LogP contribution in [0.4, 0.5) is 0 Å². The Morgan fingerprint density at radius 3 is 0.564 bits per heavy atom. The van der Waals surface area contributed by atoms with Crippen molar-refractivity contribution in [1.82, 2.24) is 17.2 Å². The minimum atomic E-state index is -3.82. The summed E-state index contributed by atoms with van der Waals surface area (Å²) >= 11 is 0. The van der Waals surface area contributed by atoms with E-state index in [2.05, 4.69) is 0 Å². The molecule has 0 aliphatic carbocycles. The molecule has 12 aromatic rings. The van der Waals surface area contributed by atoms with E-state index in [1.165, 1.54) is 44.9 Å². The van der Waals surface area contributed by atoms with E-state index in [0.29, 0.717) is 23.0 Å². The van der Waals surface area contributed by atoms with Gasteiger partial charge < -0.3 is 43.4 Å². The van der Waals surface area contributed by atoms with Crippen LogP contribution in [0.2, 0.25) is 0 Å². The van der Waals surface area contributed by atoms with Gasteiger partial charge in [-0.2, -0.15) is 17.2 Å². The second kappa shape index (κ2) is 39.1. The summed E-state index contributed by atoms with van der Waals surface area (Å²) in [5.41, 5.74) is 6.35. The Bertz CT molecular complexity index is 7070. The van der Waals surface area contributed by atoms with Gasteiger partial charge in [0.25, 0.3) is 0 Å². The first-order valence-corrected chi connectivity index (χ1v) is 54.8. The van der Waals surface area contributed by atoms with E-state index < -0.39 is 132 Å². The predicted octanol–water partition coefficient (Wildman–Crippen LogP) is 17.7. The lowest BCUT2D eigenvalue weighted by atomic mass is 9.62. The van der Waals surface area contributed by atoms with Gasteiger partial charge in [0.15, 0.2) is 0 Å². The minimum Gasteiger partial charge on any atom is -0.426 e. The van der Waals surface area contributed by atoms with Crippen molar-refractivity contribution in [1.29, 1.82) is 0 Å². The first-order chi connectivity index (χ1) is 71.1. The maximum absolute atomic E-state index is 13.9. The number of carbonyl (C=O) groups is 4. The van der Waals surface area contributed by atoms with Crippen LogP contribution in [-0.4, -0.2) is 179 Å². The second-order valence-electron chi connectivity index (χ2n) is 39.4. The molecule has 760 valence electrons. The summed E-state index contributed by atoms with van der Waals surface area (Å²) in [4.78, 5) is 50.3. The zero-order valence-corrected chi connectivity index (χ0v) is 86.3. The van der Waals surface area contributed by atoms with Crippen LogP contribution in [0.15, 0.2) is 430 Å². The standard InChI is InChI=1S/4C30H27NO5S.H2O/c4*1-21-13-15-25(16-14-21)37(33,34)31-19-29-18-17-26(36-29)27(30(29,20-31)24-11-7-4-8-12-24)28(35-22(2)32)23-9-5-3-6-10-23;/h4*3-18,26H,19-20H2,1-2H3;1H2/b4*28-27+;/t4*26-,29-,30+;/m1100./s1. The van der Waals surface area contributed by atoms with Gasteiger partial charge in [-0.1, -0.05) is 362 Å². The van der Waals surface area contributed by atoms with Crippen LogP contribution in [-0.2, 0) is 119 Å². The number of nitrogens with zero attached hydrogens (tertiary/aromatic N) is 4. The molecular formula is C120H110N4O21S4. The van der Waals surface area contributed by atoms with E-state index in [0.717, 1.165) is 89.1 Å². The molecule has 8 fully saturated rings. The van der Waals surface area contributed by atoms with Gasteiger partial charge in [0.05, 0.1) is 41.2 Å². The molecule has 149 heavy (non-hydrogen) atoms. The molecule has 12 atom stereocenters. The van der Waals surface area contributed by atoms with E-state index >= 15 is 0 Å². The molecular weight excluding hydrogens is 1960 g/mol.